The third-order valence-electron chi connectivity index (χ3n) is 3.36. The smallest absolute Gasteiger partial charge is 0.257 e. The standard InChI is InChI=1S/C13H12F2N4O/c14-9-1-2-11(15)10(7-9)13(20)18-4-3-12-17-16-8-19(12)6-5-18/h1-2,7-8H,3-6H2. The van der Waals surface area contributed by atoms with Gasteiger partial charge in [-0.1, -0.05) is 0 Å². The summed E-state index contributed by atoms with van der Waals surface area (Å²) in [6.07, 6.45) is 2.15. The third kappa shape index (κ3) is 2.26. The van der Waals surface area contributed by atoms with Crippen molar-refractivity contribution in [3.05, 3.63) is 47.5 Å². The van der Waals surface area contributed by atoms with Crippen LogP contribution in [-0.4, -0.2) is 38.7 Å². The SMILES string of the molecule is O=C(c1cc(F)ccc1F)N1CCc2nncn2CC1. The Labute approximate surface area is 113 Å². The van der Waals surface area contributed by atoms with Gasteiger partial charge in [0.05, 0.1) is 5.56 Å². The lowest BCUT2D eigenvalue weighted by molar-refractivity contribution is 0.0753. The summed E-state index contributed by atoms with van der Waals surface area (Å²) in [4.78, 5) is 13.8. The van der Waals surface area contributed by atoms with Crippen molar-refractivity contribution in [1.29, 1.82) is 0 Å². The van der Waals surface area contributed by atoms with Crippen LogP contribution >= 0.6 is 0 Å². The summed E-state index contributed by atoms with van der Waals surface area (Å²) in [6, 6.07) is 2.90. The second-order valence-corrected chi connectivity index (χ2v) is 4.61. The van der Waals surface area contributed by atoms with Gasteiger partial charge in [-0.25, -0.2) is 8.78 Å². The average molecular weight is 278 g/mol. The van der Waals surface area contributed by atoms with E-state index in [4.69, 9.17) is 0 Å². The van der Waals surface area contributed by atoms with Gasteiger partial charge in [-0.15, -0.1) is 10.2 Å². The average Bonchev–Trinajstić information content (AvgIpc) is 2.80. The zero-order chi connectivity index (χ0) is 14.1. The van der Waals surface area contributed by atoms with Crippen molar-refractivity contribution in [3.8, 4) is 0 Å². The number of hydrogen-bond donors (Lipinski definition) is 0. The summed E-state index contributed by atoms with van der Waals surface area (Å²) in [5, 5.41) is 7.76. The van der Waals surface area contributed by atoms with Gasteiger partial charge in [0.2, 0.25) is 0 Å². The lowest BCUT2D eigenvalue weighted by atomic mass is 10.1. The van der Waals surface area contributed by atoms with Gasteiger partial charge in [-0.05, 0) is 18.2 Å². The fourth-order valence-corrected chi connectivity index (χ4v) is 2.27. The van der Waals surface area contributed by atoms with E-state index in [1.807, 2.05) is 4.57 Å². The van der Waals surface area contributed by atoms with E-state index in [1.54, 1.807) is 6.33 Å². The Bertz CT molecular complexity index is 633. The molecule has 0 fully saturated rings. The van der Waals surface area contributed by atoms with E-state index in [2.05, 4.69) is 10.2 Å². The van der Waals surface area contributed by atoms with Gasteiger partial charge >= 0.3 is 0 Å². The van der Waals surface area contributed by atoms with Gasteiger partial charge in [-0.2, -0.15) is 0 Å². The molecule has 7 heteroatoms. The maximum atomic E-state index is 13.6. The molecule has 1 aromatic carbocycles. The number of carbonyl (C=O) groups excluding carboxylic acids is 1. The number of amides is 1. The summed E-state index contributed by atoms with van der Waals surface area (Å²) in [6.45, 7) is 1.37. The van der Waals surface area contributed by atoms with Crippen LogP contribution in [0.4, 0.5) is 8.78 Å². The molecular weight excluding hydrogens is 266 g/mol. The van der Waals surface area contributed by atoms with E-state index in [-0.39, 0.29) is 5.56 Å². The first-order valence-corrected chi connectivity index (χ1v) is 6.26. The molecule has 3 rings (SSSR count). The first kappa shape index (κ1) is 12.7. The molecule has 0 saturated carbocycles. The fourth-order valence-electron chi connectivity index (χ4n) is 2.27. The maximum absolute atomic E-state index is 13.6. The number of hydrogen-bond acceptors (Lipinski definition) is 3. The lowest BCUT2D eigenvalue weighted by Gasteiger charge is -2.20. The number of rotatable bonds is 1. The highest BCUT2D eigenvalue weighted by molar-refractivity contribution is 5.94. The normalized spacial score (nSPS) is 14.8. The highest BCUT2D eigenvalue weighted by atomic mass is 19.1. The monoisotopic (exact) mass is 278 g/mol. The first-order chi connectivity index (χ1) is 9.65. The molecule has 0 atom stereocenters. The molecule has 0 N–H and O–H groups in total. The lowest BCUT2D eigenvalue weighted by Crippen LogP contribution is -2.34. The van der Waals surface area contributed by atoms with E-state index in [0.29, 0.717) is 26.1 Å². The van der Waals surface area contributed by atoms with Gasteiger partial charge in [0.15, 0.2) is 0 Å². The molecule has 1 aromatic heterocycles. The summed E-state index contributed by atoms with van der Waals surface area (Å²) in [7, 11) is 0. The van der Waals surface area contributed by atoms with Crippen LogP contribution in [0.3, 0.4) is 0 Å². The van der Waals surface area contributed by atoms with Crippen LogP contribution in [0.25, 0.3) is 0 Å². The summed E-state index contributed by atoms with van der Waals surface area (Å²) in [5.41, 5.74) is -0.234. The molecule has 0 radical (unpaired) electrons. The second kappa shape index (κ2) is 4.99. The maximum Gasteiger partial charge on any atom is 0.257 e. The molecule has 1 aliphatic heterocycles. The number of carbonyl (C=O) groups is 1. The van der Waals surface area contributed by atoms with E-state index < -0.39 is 17.5 Å². The molecule has 104 valence electrons. The Hall–Kier alpha value is -2.31. The number of halogens is 2. The van der Waals surface area contributed by atoms with Crippen LogP contribution in [0.5, 0.6) is 0 Å². The Morgan fingerprint density at radius 3 is 2.90 bits per heavy atom. The molecule has 20 heavy (non-hydrogen) atoms. The molecule has 0 saturated heterocycles. The van der Waals surface area contributed by atoms with Crippen molar-refractivity contribution in [2.75, 3.05) is 13.1 Å². The number of aromatic nitrogens is 3. The van der Waals surface area contributed by atoms with Crippen molar-refractivity contribution in [3.63, 3.8) is 0 Å². The molecule has 0 spiro atoms. The summed E-state index contributed by atoms with van der Waals surface area (Å²) in [5.74, 6) is -1.04. The van der Waals surface area contributed by atoms with Crippen LogP contribution in [0.2, 0.25) is 0 Å². The molecule has 0 aliphatic carbocycles. The van der Waals surface area contributed by atoms with E-state index >= 15 is 0 Å². The van der Waals surface area contributed by atoms with Gasteiger partial charge in [0.1, 0.15) is 23.8 Å². The van der Waals surface area contributed by atoms with Crippen LogP contribution in [0.1, 0.15) is 16.2 Å². The van der Waals surface area contributed by atoms with Crippen molar-refractivity contribution in [2.45, 2.75) is 13.0 Å². The molecule has 1 amide bonds. The number of benzene rings is 1. The molecule has 0 bridgehead atoms. The Morgan fingerprint density at radius 1 is 1.20 bits per heavy atom. The highest BCUT2D eigenvalue weighted by Crippen LogP contribution is 2.14. The number of nitrogens with zero attached hydrogens (tertiary/aromatic N) is 4. The predicted molar refractivity (Wildman–Crippen MR) is 66.0 cm³/mol. The minimum atomic E-state index is -0.708. The first-order valence-electron chi connectivity index (χ1n) is 6.26. The Morgan fingerprint density at radius 2 is 2.05 bits per heavy atom. The minimum absolute atomic E-state index is 0.234. The fraction of sp³-hybridized carbons (Fsp3) is 0.308. The molecule has 2 aromatic rings. The zero-order valence-corrected chi connectivity index (χ0v) is 10.6. The van der Waals surface area contributed by atoms with Gasteiger partial charge in [0, 0.05) is 26.1 Å². The topological polar surface area (TPSA) is 51.0 Å². The van der Waals surface area contributed by atoms with Gasteiger partial charge < -0.3 is 9.47 Å². The van der Waals surface area contributed by atoms with Crippen LogP contribution in [0, 0.1) is 11.6 Å². The summed E-state index contributed by atoms with van der Waals surface area (Å²) < 4.78 is 28.7. The van der Waals surface area contributed by atoms with Crippen molar-refractivity contribution in [1.82, 2.24) is 19.7 Å². The predicted octanol–water partition coefficient (Wildman–Crippen LogP) is 1.25. The van der Waals surface area contributed by atoms with Gasteiger partial charge in [-0.3, -0.25) is 4.79 Å². The molecule has 2 heterocycles. The van der Waals surface area contributed by atoms with Crippen molar-refractivity contribution < 1.29 is 13.6 Å². The third-order valence-corrected chi connectivity index (χ3v) is 3.36. The summed E-state index contributed by atoms with van der Waals surface area (Å²) >= 11 is 0. The van der Waals surface area contributed by atoms with E-state index in [1.165, 1.54) is 4.90 Å². The molecule has 0 unspecified atom stereocenters. The number of fused-ring (bicyclic) bond motifs is 1. The van der Waals surface area contributed by atoms with E-state index in [0.717, 1.165) is 24.0 Å². The van der Waals surface area contributed by atoms with E-state index in [9.17, 15) is 13.6 Å². The largest absolute Gasteiger partial charge is 0.336 e. The van der Waals surface area contributed by atoms with Crippen molar-refractivity contribution in [2.24, 2.45) is 0 Å². The Balaban J connectivity index is 1.81. The van der Waals surface area contributed by atoms with Crippen LogP contribution < -0.4 is 0 Å². The quantitative estimate of drug-likeness (QED) is 0.789. The zero-order valence-electron chi connectivity index (χ0n) is 10.6. The molecule has 5 nitrogen and oxygen atoms in total. The second-order valence-electron chi connectivity index (χ2n) is 4.61. The highest BCUT2D eigenvalue weighted by Gasteiger charge is 2.23. The van der Waals surface area contributed by atoms with Crippen LogP contribution in [0.15, 0.2) is 24.5 Å². The van der Waals surface area contributed by atoms with Crippen molar-refractivity contribution >= 4 is 5.91 Å². The molecule has 1 aliphatic rings. The molecular formula is C13H12F2N4O. The van der Waals surface area contributed by atoms with Gasteiger partial charge in [0.25, 0.3) is 5.91 Å². The minimum Gasteiger partial charge on any atom is -0.336 e. The Kier molecular flexibility index (Phi) is 3.17. The van der Waals surface area contributed by atoms with Crippen LogP contribution in [-0.2, 0) is 13.0 Å².